The van der Waals surface area contributed by atoms with Crippen LogP contribution < -0.4 is 14.2 Å². The predicted octanol–water partition coefficient (Wildman–Crippen LogP) is 1.19. The number of fused-ring (bicyclic) bond motifs is 1. The molecule has 21 heavy (non-hydrogen) atoms. The molecule has 4 heteroatoms. The van der Waals surface area contributed by atoms with Gasteiger partial charge in [-0.3, -0.25) is 0 Å². The van der Waals surface area contributed by atoms with Crippen LogP contribution in [-0.2, 0) is 7.05 Å². The standard InChI is InChI=1S/C17H16N2OSe/c1-18-17(20)13-9-6-10-14-16(13)15(11-19(14)2)21-12-7-4-3-5-8-12/h3-11H,1-2H3,(H,18,20). The molecule has 0 unspecified atom stereocenters. The summed E-state index contributed by atoms with van der Waals surface area (Å²) in [7, 11) is 3.70. The van der Waals surface area contributed by atoms with E-state index in [0.717, 1.165) is 16.5 Å². The molecule has 0 saturated carbocycles. The van der Waals surface area contributed by atoms with Gasteiger partial charge in [-0.2, -0.15) is 0 Å². The molecule has 1 amide bonds. The Kier molecular flexibility index (Phi) is 3.82. The maximum absolute atomic E-state index is 12.1. The maximum atomic E-state index is 12.1. The second kappa shape index (κ2) is 5.76. The van der Waals surface area contributed by atoms with Crippen molar-refractivity contribution in [1.29, 1.82) is 0 Å². The van der Waals surface area contributed by atoms with Gasteiger partial charge in [0.2, 0.25) is 0 Å². The Hall–Kier alpha value is -2.03. The van der Waals surface area contributed by atoms with E-state index in [0.29, 0.717) is 0 Å². The molecule has 1 heterocycles. The number of aromatic nitrogens is 1. The van der Waals surface area contributed by atoms with Crippen LogP contribution in [0.1, 0.15) is 10.4 Å². The van der Waals surface area contributed by atoms with E-state index in [-0.39, 0.29) is 20.9 Å². The zero-order valence-corrected chi connectivity index (χ0v) is 13.7. The summed E-state index contributed by atoms with van der Waals surface area (Å²) in [6.45, 7) is 0. The van der Waals surface area contributed by atoms with Crippen molar-refractivity contribution in [3.05, 3.63) is 60.3 Å². The van der Waals surface area contributed by atoms with Crippen LogP contribution in [0.5, 0.6) is 0 Å². The number of aryl methyl sites for hydroxylation is 1. The van der Waals surface area contributed by atoms with Crippen molar-refractivity contribution in [3.63, 3.8) is 0 Å². The zero-order valence-electron chi connectivity index (χ0n) is 12.0. The van der Waals surface area contributed by atoms with Gasteiger partial charge in [-0.1, -0.05) is 0 Å². The van der Waals surface area contributed by atoms with Gasteiger partial charge in [-0.05, 0) is 0 Å². The van der Waals surface area contributed by atoms with Crippen molar-refractivity contribution in [2.24, 2.45) is 7.05 Å². The summed E-state index contributed by atoms with van der Waals surface area (Å²) in [5.41, 5.74) is 1.85. The Bertz CT molecular complexity index is 793. The molecule has 3 aromatic rings. The van der Waals surface area contributed by atoms with Crippen molar-refractivity contribution < 1.29 is 4.79 Å². The van der Waals surface area contributed by atoms with E-state index in [9.17, 15) is 4.79 Å². The second-order valence-corrected chi connectivity index (χ2v) is 7.14. The van der Waals surface area contributed by atoms with Gasteiger partial charge in [0.15, 0.2) is 0 Å². The molecule has 0 aliphatic heterocycles. The number of hydrogen-bond donors (Lipinski definition) is 1. The van der Waals surface area contributed by atoms with Crippen LogP contribution in [-0.4, -0.2) is 32.5 Å². The van der Waals surface area contributed by atoms with Crippen molar-refractivity contribution in [2.75, 3.05) is 7.05 Å². The van der Waals surface area contributed by atoms with E-state index >= 15 is 0 Å². The third kappa shape index (κ3) is 2.60. The van der Waals surface area contributed by atoms with Crippen LogP contribution in [0.2, 0.25) is 0 Å². The van der Waals surface area contributed by atoms with Crippen LogP contribution in [0, 0.1) is 0 Å². The van der Waals surface area contributed by atoms with Gasteiger partial charge in [0.25, 0.3) is 0 Å². The van der Waals surface area contributed by atoms with E-state index in [1.54, 1.807) is 7.05 Å². The number of nitrogens with one attached hydrogen (secondary N) is 1. The predicted molar refractivity (Wildman–Crippen MR) is 87.8 cm³/mol. The van der Waals surface area contributed by atoms with E-state index in [1.807, 2.05) is 25.2 Å². The average Bonchev–Trinajstić information content (AvgIpc) is 2.84. The summed E-state index contributed by atoms with van der Waals surface area (Å²) in [4.78, 5) is 12.1. The van der Waals surface area contributed by atoms with Crippen molar-refractivity contribution in [2.45, 2.75) is 0 Å². The second-order valence-electron chi connectivity index (χ2n) is 4.80. The summed E-state index contributed by atoms with van der Waals surface area (Å²) in [5, 5.41) is 3.80. The van der Waals surface area contributed by atoms with Crippen molar-refractivity contribution in [1.82, 2.24) is 9.88 Å². The number of carbonyl (C=O) groups is 1. The first-order chi connectivity index (χ1) is 10.2. The minimum atomic E-state index is -0.0306. The fraction of sp³-hybridized carbons (Fsp3) is 0.118. The SMILES string of the molecule is CNC(=O)c1cccc2c1c([Se]c1ccccc1)cn2C. The van der Waals surface area contributed by atoms with Crippen LogP contribution in [0.25, 0.3) is 10.9 Å². The van der Waals surface area contributed by atoms with Gasteiger partial charge in [0.05, 0.1) is 0 Å². The Labute approximate surface area is 130 Å². The van der Waals surface area contributed by atoms with Crippen LogP contribution in [0.15, 0.2) is 54.7 Å². The fourth-order valence-electron chi connectivity index (χ4n) is 2.42. The Morgan fingerprint density at radius 2 is 1.86 bits per heavy atom. The van der Waals surface area contributed by atoms with Gasteiger partial charge in [-0.15, -0.1) is 0 Å². The number of nitrogens with zero attached hydrogens (tertiary/aromatic N) is 1. The fourth-order valence-corrected chi connectivity index (χ4v) is 4.67. The molecule has 0 bridgehead atoms. The quantitative estimate of drug-likeness (QED) is 0.713. The molecule has 0 atom stereocenters. The number of hydrogen-bond acceptors (Lipinski definition) is 1. The molecular formula is C17H16N2OSe. The van der Waals surface area contributed by atoms with Gasteiger partial charge in [0, 0.05) is 0 Å². The van der Waals surface area contributed by atoms with Crippen molar-refractivity contribution in [3.8, 4) is 0 Å². The summed E-state index contributed by atoms with van der Waals surface area (Å²) in [5.74, 6) is -0.0306. The number of benzene rings is 2. The molecular weight excluding hydrogens is 327 g/mol. The summed E-state index contributed by atoms with van der Waals surface area (Å²) in [6.07, 6.45) is 2.14. The third-order valence-electron chi connectivity index (χ3n) is 3.42. The molecule has 106 valence electrons. The Morgan fingerprint density at radius 1 is 1.10 bits per heavy atom. The Balaban J connectivity index is 2.16. The molecule has 0 spiro atoms. The molecule has 0 aliphatic carbocycles. The monoisotopic (exact) mass is 344 g/mol. The molecule has 3 nitrogen and oxygen atoms in total. The van der Waals surface area contributed by atoms with Crippen LogP contribution in [0.3, 0.4) is 0 Å². The molecule has 1 aromatic heterocycles. The Morgan fingerprint density at radius 3 is 2.57 bits per heavy atom. The zero-order chi connectivity index (χ0) is 14.8. The summed E-state index contributed by atoms with van der Waals surface area (Å²) in [6, 6.07) is 16.3. The third-order valence-corrected chi connectivity index (χ3v) is 5.60. The van der Waals surface area contributed by atoms with E-state index in [2.05, 4.69) is 46.4 Å². The topological polar surface area (TPSA) is 34.0 Å². The van der Waals surface area contributed by atoms with Gasteiger partial charge in [-0.25, -0.2) is 0 Å². The first-order valence-electron chi connectivity index (χ1n) is 6.73. The van der Waals surface area contributed by atoms with E-state index in [1.165, 1.54) is 8.92 Å². The number of carbonyl (C=O) groups excluding carboxylic acids is 1. The van der Waals surface area contributed by atoms with Gasteiger partial charge < -0.3 is 0 Å². The van der Waals surface area contributed by atoms with Crippen LogP contribution >= 0.6 is 0 Å². The number of rotatable bonds is 3. The minimum absolute atomic E-state index is 0.0306. The molecule has 1 N–H and O–H groups in total. The van der Waals surface area contributed by atoms with Crippen LogP contribution in [0.4, 0.5) is 0 Å². The molecule has 2 aromatic carbocycles. The summed E-state index contributed by atoms with van der Waals surface area (Å²) >= 11 is 0.185. The van der Waals surface area contributed by atoms with Gasteiger partial charge in [0.1, 0.15) is 0 Å². The molecule has 0 saturated heterocycles. The van der Waals surface area contributed by atoms with Gasteiger partial charge >= 0.3 is 130 Å². The molecule has 0 fully saturated rings. The molecule has 0 aliphatic rings. The first-order valence-corrected chi connectivity index (χ1v) is 8.45. The average molecular weight is 343 g/mol. The first kappa shape index (κ1) is 13.9. The normalized spacial score (nSPS) is 10.8. The van der Waals surface area contributed by atoms with Crippen molar-refractivity contribution >= 4 is 40.7 Å². The van der Waals surface area contributed by atoms with E-state index in [4.69, 9.17) is 0 Å². The molecule has 0 radical (unpaired) electrons. The van der Waals surface area contributed by atoms with E-state index < -0.39 is 0 Å². The molecule has 3 rings (SSSR count). The number of amides is 1. The summed E-state index contributed by atoms with van der Waals surface area (Å²) < 4.78 is 4.65.